The number of para-hydroxylation sites is 1. The molecule has 2 aliphatic rings. The molecule has 1 saturated carbocycles. The quantitative estimate of drug-likeness (QED) is 0.461. The van der Waals surface area contributed by atoms with Crippen LogP contribution in [0.25, 0.3) is 0 Å². The summed E-state index contributed by atoms with van der Waals surface area (Å²) < 4.78 is 6.26. The molecular weight excluding hydrogens is 368 g/mol. The molecule has 2 aromatic rings. The second-order valence-corrected chi connectivity index (χ2v) is 6.96. The Labute approximate surface area is 168 Å². The lowest BCUT2D eigenvalue weighted by molar-refractivity contribution is 0.207. The Morgan fingerprint density at radius 1 is 1.17 bits per heavy atom. The molecule has 146 valence electrons. The Balaban J connectivity index is 1.85. The summed E-state index contributed by atoms with van der Waals surface area (Å²) in [6.45, 7) is 0. The third kappa shape index (κ3) is 3.34. The smallest absolute Gasteiger partial charge is 0.211 e. The molecular formula is C20H20N8O. The van der Waals surface area contributed by atoms with Crippen LogP contribution in [0.1, 0.15) is 48.4 Å². The summed E-state index contributed by atoms with van der Waals surface area (Å²) in [7, 11) is 0. The van der Waals surface area contributed by atoms with E-state index in [0.717, 1.165) is 31.2 Å². The lowest BCUT2D eigenvalue weighted by Gasteiger charge is -2.27. The molecule has 1 aliphatic carbocycles. The molecule has 0 radical (unpaired) electrons. The zero-order valence-electron chi connectivity index (χ0n) is 15.6. The topological polar surface area (TPSA) is 158 Å². The highest BCUT2D eigenvalue weighted by Crippen LogP contribution is 2.43. The van der Waals surface area contributed by atoms with Crippen molar-refractivity contribution in [3.8, 4) is 18.0 Å². The van der Waals surface area contributed by atoms with Crippen LogP contribution < -0.4 is 26.8 Å². The number of aromatic nitrogens is 1. The van der Waals surface area contributed by atoms with E-state index in [9.17, 15) is 5.26 Å². The number of nitriles is 2. The van der Waals surface area contributed by atoms with Gasteiger partial charge in [0.2, 0.25) is 5.96 Å². The summed E-state index contributed by atoms with van der Waals surface area (Å²) in [4.78, 5) is 8.89. The van der Waals surface area contributed by atoms with Crippen molar-refractivity contribution in [2.75, 3.05) is 16.8 Å². The van der Waals surface area contributed by atoms with Crippen LogP contribution in [0.5, 0.6) is 5.75 Å². The fourth-order valence-corrected chi connectivity index (χ4v) is 3.81. The second kappa shape index (κ2) is 7.56. The van der Waals surface area contributed by atoms with Crippen molar-refractivity contribution in [2.24, 2.45) is 4.99 Å². The molecule has 1 aliphatic heterocycles. The molecule has 0 saturated heterocycles. The first-order valence-electron chi connectivity index (χ1n) is 9.36. The standard InChI is InChI=1S/C20H20N8O/c21-9-13-16(23)15-17(26-20(25-10-22)28-19(15)27-18(13)24)12-7-3-4-8-14(12)29-11-5-1-2-6-11/h3-4,7-8,11,17H,1-2,5-6H2,(H6,23,24,25,26,27,28). The summed E-state index contributed by atoms with van der Waals surface area (Å²) in [5, 5.41) is 23.9. The maximum atomic E-state index is 9.45. The van der Waals surface area contributed by atoms with Crippen molar-refractivity contribution in [1.29, 1.82) is 10.5 Å². The number of fused-ring (bicyclic) bond motifs is 1. The van der Waals surface area contributed by atoms with Crippen LogP contribution in [0.3, 0.4) is 0 Å². The lowest BCUT2D eigenvalue weighted by Crippen LogP contribution is -2.33. The highest BCUT2D eigenvalue weighted by molar-refractivity contribution is 5.98. The predicted octanol–water partition coefficient (Wildman–Crippen LogP) is 2.38. The first-order valence-corrected chi connectivity index (χ1v) is 9.36. The van der Waals surface area contributed by atoms with Gasteiger partial charge in [-0.15, -0.1) is 0 Å². The van der Waals surface area contributed by atoms with E-state index in [2.05, 4.69) is 20.6 Å². The maximum Gasteiger partial charge on any atom is 0.211 e. The third-order valence-electron chi connectivity index (χ3n) is 5.17. The van der Waals surface area contributed by atoms with Gasteiger partial charge in [-0.1, -0.05) is 18.2 Å². The van der Waals surface area contributed by atoms with E-state index < -0.39 is 6.04 Å². The Bertz CT molecular complexity index is 1060. The molecule has 2 heterocycles. The summed E-state index contributed by atoms with van der Waals surface area (Å²) in [6.07, 6.45) is 6.34. The van der Waals surface area contributed by atoms with Gasteiger partial charge in [-0.25, -0.2) is 9.98 Å². The van der Waals surface area contributed by atoms with Gasteiger partial charge >= 0.3 is 0 Å². The van der Waals surface area contributed by atoms with E-state index in [-0.39, 0.29) is 29.1 Å². The number of guanidine groups is 1. The number of nitrogens with two attached hydrogens (primary N) is 2. The van der Waals surface area contributed by atoms with Gasteiger partial charge in [0, 0.05) is 11.1 Å². The van der Waals surface area contributed by atoms with Gasteiger partial charge in [0.15, 0.2) is 6.19 Å². The molecule has 1 atom stereocenters. The summed E-state index contributed by atoms with van der Waals surface area (Å²) in [5.41, 5.74) is 13.8. The first-order chi connectivity index (χ1) is 14.1. The van der Waals surface area contributed by atoms with Gasteiger partial charge in [-0.05, 0) is 31.7 Å². The van der Waals surface area contributed by atoms with Crippen molar-refractivity contribution >= 4 is 23.3 Å². The highest BCUT2D eigenvalue weighted by atomic mass is 16.5. The Hall–Kier alpha value is -3.98. The lowest BCUT2D eigenvalue weighted by atomic mass is 9.94. The maximum absolute atomic E-state index is 9.45. The van der Waals surface area contributed by atoms with E-state index in [1.54, 1.807) is 0 Å². The number of ether oxygens (including phenoxy) is 1. The van der Waals surface area contributed by atoms with Gasteiger partial charge in [0.25, 0.3) is 0 Å². The molecule has 4 rings (SSSR count). The monoisotopic (exact) mass is 388 g/mol. The molecule has 9 nitrogen and oxygen atoms in total. The van der Waals surface area contributed by atoms with Gasteiger partial charge in [-0.2, -0.15) is 10.5 Å². The SMILES string of the molecule is N#CNC1=NC(c2ccccc2OC2CCCC2)c2c(nc(N)c(C#N)c2N)N1. The normalized spacial score (nSPS) is 18.0. The Kier molecular flexibility index (Phi) is 4.80. The molecule has 0 spiro atoms. The summed E-state index contributed by atoms with van der Waals surface area (Å²) in [5.74, 6) is 1.29. The van der Waals surface area contributed by atoms with E-state index in [0.29, 0.717) is 17.1 Å². The van der Waals surface area contributed by atoms with Crippen molar-refractivity contribution in [3.05, 3.63) is 41.0 Å². The van der Waals surface area contributed by atoms with E-state index in [1.165, 1.54) is 0 Å². The number of pyridine rings is 1. The molecule has 0 bridgehead atoms. The van der Waals surface area contributed by atoms with E-state index >= 15 is 0 Å². The number of hydrogen-bond acceptors (Lipinski definition) is 9. The number of rotatable bonds is 3. The Morgan fingerprint density at radius 2 is 1.93 bits per heavy atom. The largest absolute Gasteiger partial charge is 0.490 e. The fourth-order valence-electron chi connectivity index (χ4n) is 3.81. The van der Waals surface area contributed by atoms with Gasteiger partial charge in [-0.3, -0.25) is 5.32 Å². The number of aliphatic imine (C=N–C) groups is 1. The minimum atomic E-state index is -0.611. The average Bonchev–Trinajstić information content (AvgIpc) is 3.21. The van der Waals surface area contributed by atoms with E-state index in [4.69, 9.17) is 21.5 Å². The average molecular weight is 388 g/mol. The number of nitrogen functional groups attached to an aromatic ring is 2. The summed E-state index contributed by atoms with van der Waals surface area (Å²) in [6, 6.07) is 8.98. The van der Waals surface area contributed by atoms with Crippen LogP contribution in [0.2, 0.25) is 0 Å². The van der Waals surface area contributed by atoms with Crippen molar-refractivity contribution in [3.63, 3.8) is 0 Å². The molecule has 1 aromatic heterocycles. The minimum Gasteiger partial charge on any atom is -0.490 e. The number of nitrogens with zero attached hydrogens (tertiary/aromatic N) is 4. The van der Waals surface area contributed by atoms with Crippen LogP contribution in [0, 0.1) is 22.8 Å². The van der Waals surface area contributed by atoms with E-state index in [1.807, 2.05) is 36.5 Å². The third-order valence-corrected chi connectivity index (χ3v) is 5.17. The first kappa shape index (κ1) is 18.4. The number of nitrogens with one attached hydrogen (secondary N) is 2. The second-order valence-electron chi connectivity index (χ2n) is 6.96. The zero-order chi connectivity index (χ0) is 20.4. The molecule has 1 aromatic carbocycles. The molecule has 6 N–H and O–H groups in total. The predicted molar refractivity (Wildman–Crippen MR) is 109 cm³/mol. The summed E-state index contributed by atoms with van der Waals surface area (Å²) >= 11 is 0. The zero-order valence-corrected chi connectivity index (χ0v) is 15.6. The van der Waals surface area contributed by atoms with Gasteiger partial charge in [0.05, 0.1) is 11.8 Å². The van der Waals surface area contributed by atoms with Gasteiger partial charge in [0.1, 0.15) is 35.1 Å². The van der Waals surface area contributed by atoms with Crippen LogP contribution >= 0.6 is 0 Å². The molecule has 29 heavy (non-hydrogen) atoms. The highest BCUT2D eigenvalue weighted by Gasteiger charge is 2.32. The molecule has 1 fully saturated rings. The van der Waals surface area contributed by atoms with Crippen molar-refractivity contribution in [2.45, 2.75) is 37.8 Å². The van der Waals surface area contributed by atoms with Gasteiger partial charge < -0.3 is 21.5 Å². The van der Waals surface area contributed by atoms with Crippen LogP contribution in [0.15, 0.2) is 29.3 Å². The van der Waals surface area contributed by atoms with Crippen LogP contribution in [-0.2, 0) is 0 Å². The number of benzene rings is 1. The Morgan fingerprint density at radius 3 is 2.66 bits per heavy atom. The van der Waals surface area contributed by atoms with Crippen molar-refractivity contribution < 1.29 is 4.74 Å². The minimum absolute atomic E-state index is 0.0173. The fraction of sp³-hybridized carbons (Fsp3) is 0.300. The molecule has 9 heteroatoms. The van der Waals surface area contributed by atoms with Crippen LogP contribution in [-0.4, -0.2) is 17.0 Å². The van der Waals surface area contributed by atoms with Crippen LogP contribution in [0.4, 0.5) is 17.3 Å². The number of anilines is 3. The van der Waals surface area contributed by atoms with Crippen molar-refractivity contribution in [1.82, 2.24) is 10.3 Å². The molecule has 0 amide bonds. The number of hydrogen-bond donors (Lipinski definition) is 4. The molecule has 1 unspecified atom stereocenters.